The number of amides is 3. The molecule has 1 atom stereocenters. The predicted molar refractivity (Wildman–Crippen MR) is 79.6 cm³/mol. The summed E-state index contributed by atoms with van der Waals surface area (Å²) in [6, 6.07) is 4.76. The van der Waals surface area contributed by atoms with Crippen LogP contribution in [0.5, 0.6) is 0 Å². The number of hydrogen-bond donors (Lipinski definition) is 2. The third-order valence-corrected chi connectivity index (χ3v) is 3.56. The number of halogens is 1. The Morgan fingerprint density at radius 1 is 1.48 bits per heavy atom. The Hall–Kier alpha value is -2.08. The van der Waals surface area contributed by atoms with Crippen molar-refractivity contribution in [1.82, 2.24) is 4.90 Å². The Morgan fingerprint density at radius 2 is 2.19 bits per heavy atom. The van der Waals surface area contributed by atoms with E-state index < -0.39 is 0 Å². The van der Waals surface area contributed by atoms with Crippen molar-refractivity contribution in [2.75, 3.05) is 17.6 Å². The Morgan fingerprint density at radius 3 is 2.81 bits per heavy atom. The Kier molecular flexibility index (Phi) is 4.47. The normalized spacial score (nSPS) is 18.2. The SMILES string of the molecule is CC1CC(=O)N(CCC(=O)Nc2cc(Cl)ccc2N)C1=O. The molecule has 0 bridgehead atoms. The first-order chi connectivity index (χ1) is 9.88. The first-order valence-electron chi connectivity index (χ1n) is 6.57. The van der Waals surface area contributed by atoms with Gasteiger partial charge in [0.1, 0.15) is 0 Å². The second-order valence-corrected chi connectivity index (χ2v) is 5.45. The molecule has 21 heavy (non-hydrogen) atoms. The van der Waals surface area contributed by atoms with Crippen molar-refractivity contribution in [3.63, 3.8) is 0 Å². The van der Waals surface area contributed by atoms with Gasteiger partial charge in [0.25, 0.3) is 0 Å². The van der Waals surface area contributed by atoms with E-state index in [2.05, 4.69) is 5.32 Å². The van der Waals surface area contributed by atoms with Gasteiger partial charge in [0.15, 0.2) is 0 Å². The van der Waals surface area contributed by atoms with Crippen LogP contribution in [0.2, 0.25) is 5.02 Å². The molecule has 0 spiro atoms. The lowest BCUT2D eigenvalue weighted by Crippen LogP contribution is -2.33. The molecule has 2 rings (SSSR count). The number of imide groups is 1. The lowest BCUT2D eigenvalue weighted by Gasteiger charge is -2.14. The van der Waals surface area contributed by atoms with Crippen molar-refractivity contribution in [1.29, 1.82) is 0 Å². The molecule has 0 aliphatic carbocycles. The summed E-state index contributed by atoms with van der Waals surface area (Å²) in [5.41, 5.74) is 6.54. The Labute approximate surface area is 127 Å². The first-order valence-corrected chi connectivity index (χ1v) is 6.95. The highest BCUT2D eigenvalue weighted by molar-refractivity contribution is 6.31. The molecule has 3 N–H and O–H groups in total. The minimum Gasteiger partial charge on any atom is -0.397 e. The zero-order valence-electron chi connectivity index (χ0n) is 11.6. The van der Waals surface area contributed by atoms with Crippen LogP contribution in [0.25, 0.3) is 0 Å². The summed E-state index contributed by atoms with van der Waals surface area (Å²) in [5.74, 6) is -1.09. The van der Waals surface area contributed by atoms with Crippen LogP contribution in [-0.4, -0.2) is 29.2 Å². The van der Waals surface area contributed by atoms with Crippen molar-refractivity contribution in [2.24, 2.45) is 5.92 Å². The van der Waals surface area contributed by atoms with Gasteiger partial charge in [-0.25, -0.2) is 0 Å². The van der Waals surface area contributed by atoms with Crippen LogP contribution >= 0.6 is 11.6 Å². The lowest BCUT2D eigenvalue weighted by atomic mass is 10.1. The molecule has 1 aliphatic heterocycles. The molecule has 112 valence electrons. The quantitative estimate of drug-likeness (QED) is 0.653. The minimum absolute atomic E-state index is 0.0240. The van der Waals surface area contributed by atoms with E-state index in [0.29, 0.717) is 16.4 Å². The van der Waals surface area contributed by atoms with Gasteiger partial charge in [-0.2, -0.15) is 0 Å². The number of nitrogens with one attached hydrogen (secondary N) is 1. The van der Waals surface area contributed by atoms with Crippen molar-refractivity contribution in [2.45, 2.75) is 19.8 Å². The van der Waals surface area contributed by atoms with E-state index >= 15 is 0 Å². The summed E-state index contributed by atoms with van der Waals surface area (Å²) in [6.07, 6.45) is 0.234. The van der Waals surface area contributed by atoms with Gasteiger partial charge in [-0.1, -0.05) is 18.5 Å². The number of nitrogens with zero attached hydrogens (tertiary/aromatic N) is 1. The van der Waals surface area contributed by atoms with Crippen LogP contribution in [0, 0.1) is 5.92 Å². The van der Waals surface area contributed by atoms with Crippen molar-refractivity contribution in [3.8, 4) is 0 Å². The largest absolute Gasteiger partial charge is 0.397 e. The second-order valence-electron chi connectivity index (χ2n) is 5.02. The van der Waals surface area contributed by atoms with Crippen molar-refractivity contribution < 1.29 is 14.4 Å². The summed E-state index contributed by atoms with van der Waals surface area (Å²) in [5, 5.41) is 3.07. The van der Waals surface area contributed by atoms with Gasteiger partial charge < -0.3 is 11.1 Å². The zero-order chi connectivity index (χ0) is 15.6. The fraction of sp³-hybridized carbons (Fsp3) is 0.357. The average molecular weight is 310 g/mol. The number of nitrogens with two attached hydrogens (primary N) is 1. The highest BCUT2D eigenvalue weighted by atomic mass is 35.5. The number of carbonyl (C=O) groups excluding carboxylic acids is 3. The van der Waals surface area contributed by atoms with Crippen molar-refractivity contribution >= 4 is 40.7 Å². The van der Waals surface area contributed by atoms with Gasteiger partial charge in [-0.3, -0.25) is 19.3 Å². The van der Waals surface area contributed by atoms with E-state index in [4.69, 9.17) is 17.3 Å². The van der Waals surface area contributed by atoms with Gasteiger partial charge >= 0.3 is 0 Å². The number of hydrogen-bond acceptors (Lipinski definition) is 4. The molecule has 6 nitrogen and oxygen atoms in total. The van der Waals surface area contributed by atoms with Crippen LogP contribution in [-0.2, 0) is 14.4 Å². The second kappa shape index (κ2) is 6.13. The number of anilines is 2. The third-order valence-electron chi connectivity index (χ3n) is 3.32. The molecule has 0 radical (unpaired) electrons. The molecule has 1 saturated heterocycles. The fourth-order valence-corrected chi connectivity index (χ4v) is 2.32. The maximum Gasteiger partial charge on any atom is 0.232 e. The molecule has 7 heteroatoms. The first kappa shape index (κ1) is 15.3. The average Bonchev–Trinajstić information content (AvgIpc) is 2.66. The van der Waals surface area contributed by atoms with Gasteiger partial charge in [0.05, 0.1) is 11.4 Å². The predicted octanol–water partition coefficient (Wildman–Crippen LogP) is 1.65. The van der Waals surface area contributed by atoms with Crippen LogP contribution in [0.4, 0.5) is 11.4 Å². The topological polar surface area (TPSA) is 92.5 Å². The smallest absolute Gasteiger partial charge is 0.232 e. The molecule has 1 aromatic rings. The van der Waals surface area contributed by atoms with E-state index in [9.17, 15) is 14.4 Å². The van der Waals surface area contributed by atoms with Gasteiger partial charge in [-0.15, -0.1) is 0 Å². The number of nitrogen functional groups attached to an aromatic ring is 1. The summed E-state index contributed by atoms with van der Waals surface area (Å²) < 4.78 is 0. The Bertz CT molecular complexity index is 603. The standard InChI is InChI=1S/C14H16ClN3O3/c1-8-6-13(20)18(14(8)21)5-4-12(19)17-11-7-9(15)2-3-10(11)16/h2-3,7-8H,4-6,16H2,1H3,(H,17,19). The maximum absolute atomic E-state index is 11.9. The third kappa shape index (κ3) is 3.52. The van der Waals surface area contributed by atoms with Gasteiger partial charge in [-0.05, 0) is 18.2 Å². The number of rotatable bonds is 4. The number of benzene rings is 1. The zero-order valence-corrected chi connectivity index (χ0v) is 12.3. The molecular formula is C14H16ClN3O3. The molecule has 1 aromatic carbocycles. The van der Waals surface area contributed by atoms with Crippen LogP contribution < -0.4 is 11.1 Å². The van der Waals surface area contributed by atoms with Crippen LogP contribution in [0.3, 0.4) is 0 Å². The molecule has 3 amide bonds. The molecule has 0 saturated carbocycles. The van der Waals surface area contributed by atoms with E-state index in [1.54, 1.807) is 25.1 Å². The molecule has 1 heterocycles. The van der Waals surface area contributed by atoms with E-state index in [0.717, 1.165) is 4.90 Å². The van der Waals surface area contributed by atoms with Crippen LogP contribution in [0.15, 0.2) is 18.2 Å². The lowest BCUT2D eigenvalue weighted by molar-refractivity contribution is -0.139. The number of likely N-dealkylation sites (tertiary alicyclic amines) is 1. The van der Waals surface area contributed by atoms with E-state index in [1.807, 2.05) is 0 Å². The Balaban J connectivity index is 1.92. The van der Waals surface area contributed by atoms with Gasteiger partial charge in [0, 0.05) is 30.3 Å². The van der Waals surface area contributed by atoms with Crippen LogP contribution in [0.1, 0.15) is 19.8 Å². The van der Waals surface area contributed by atoms with E-state index in [-0.39, 0.29) is 43.0 Å². The van der Waals surface area contributed by atoms with Crippen molar-refractivity contribution in [3.05, 3.63) is 23.2 Å². The molecule has 1 unspecified atom stereocenters. The molecular weight excluding hydrogens is 294 g/mol. The monoisotopic (exact) mass is 309 g/mol. The summed E-state index contributed by atoms with van der Waals surface area (Å²) in [4.78, 5) is 36.3. The summed E-state index contributed by atoms with van der Waals surface area (Å²) >= 11 is 5.83. The highest BCUT2D eigenvalue weighted by Crippen LogP contribution is 2.23. The molecule has 0 aromatic heterocycles. The molecule has 1 aliphatic rings. The van der Waals surface area contributed by atoms with Gasteiger partial charge in [0.2, 0.25) is 17.7 Å². The summed E-state index contributed by atoms with van der Waals surface area (Å²) in [7, 11) is 0. The maximum atomic E-state index is 11.9. The number of carbonyl (C=O) groups is 3. The highest BCUT2D eigenvalue weighted by Gasteiger charge is 2.35. The minimum atomic E-state index is -0.330. The van der Waals surface area contributed by atoms with E-state index in [1.165, 1.54) is 0 Å². The molecule has 1 fully saturated rings. The summed E-state index contributed by atoms with van der Waals surface area (Å²) in [6.45, 7) is 1.78. The fourth-order valence-electron chi connectivity index (χ4n) is 2.15.